The number of hydrogen-bond donors (Lipinski definition) is 1. The van der Waals surface area contributed by atoms with Crippen molar-refractivity contribution in [1.29, 1.82) is 0 Å². The van der Waals surface area contributed by atoms with Crippen LogP contribution in [0.15, 0.2) is 42.5 Å². The first kappa shape index (κ1) is 19.7. The Morgan fingerprint density at radius 3 is 2.52 bits per heavy atom. The molecule has 1 aliphatic rings. The molecule has 2 aromatic carbocycles. The molecule has 0 saturated carbocycles. The van der Waals surface area contributed by atoms with Crippen LogP contribution in [0.25, 0.3) is 11.1 Å². The van der Waals surface area contributed by atoms with E-state index in [0.717, 1.165) is 30.5 Å². The van der Waals surface area contributed by atoms with Gasteiger partial charge in [-0.1, -0.05) is 37.3 Å². The van der Waals surface area contributed by atoms with E-state index in [1.807, 2.05) is 6.07 Å². The molecular formula is C23H32N2O2. The van der Waals surface area contributed by atoms with Crippen molar-refractivity contribution < 1.29 is 9.47 Å². The molecule has 0 aliphatic carbocycles. The van der Waals surface area contributed by atoms with Crippen molar-refractivity contribution in [3.05, 3.63) is 48.0 Å². The molecule has 146 valence electrons. The SMILES string of the molecule is CCCN1CCC(CNCc2cc(OC)c(OC)cc2-c2ccccc2)C1. The van der Waals surface area contributed by atoms with Crippen LogP contribution in [0, 0.1) is 5.92 Å². The van der Waals surface area contributed by atoms with E-state index in [0.29, 0.717) is 0 Å². The number of likely N-dealkylation sites (tertiary alicyclic amines) is 1. The molecule has 1 fully saturated rings. The highest BCUT2D eigenvalue weighted by Gasteiger charge is 2.21. The van der Waals surface area contributed by atoms with Gasteiger partial charge in [-0.2, -0.15) is 0 Å². The Labute approximate surface area is 163 Å². The molecule has 1 saturated heterocycles. The summed E-state index contributed by atoms with van der Waals surface area (Å²) in [5, 5.41) is 3.68. The maximum Gasteiger partial charge on any atom is 0.161 e. The Hall–Kier alpha value is -2.04. The molecule has 2 aromatic rings. The third-order valence-corrected chi connectivity index (χ3v) is 5.35. The van der Waals surface area contributed by atoms with Gasteiger partial charge in [0, 0.05) is 13.1 Å². The van der Waals surface area contributed by atoms with Crippen LogP contribution >= 0.6 is 0 Å². The molecule has 27 heavy (non-hydrogen) atoms. The highest BCUT2D eigenvalue weighted by molar-refractivity contribution is 5.71. The minimum atomic E-state index is 0.747. The maximum atomic E-state index is 5.53. The lowest BCUT2D eigenvalue weighted by Gasteiger charge is -2.18. The first-order valence-corrected chi connectivity index (χ1v) is 9.98. The number of hydrogen-bond acceptors (Lipinski definition) is 4. The van der Waals surface area contributed by atoms with Crippen LogP contribution in [0.3, 0.4) is 0 Å². The van der Waals surface area contributed by atoms with Gasteiger partial charge in [0.15, 0.2) is 11.5 Å². The van der Waals surface area contributed by atoms with Crippen LogP contribution in [-0.4, -0.2) is 45.3 Å². The highest BCUT2D eigenvalue weighted by atomic mass is 16.5. The number of rotatable bonds is 9. The largest absolute Gasteiger partial charge is 0.493 e. The minimum absolute atomic E-state index is 0.747. The van der Waals surface area contributed by atoms with Crippen LogP contribution < -0.4 is 14.8 Å². The number of ether oxygens (including phenoxy) is 2. The van der Waals surface area contributed by atoms with Gasteiger partial charge in [0.05, 0.1) is 14.2 Å². The molecule has 1 aliphatic heterocycles. The second kappa shape index (κ2) is 9.77. The molecule has 0 amide bonds. The lowest BCUT2D eigenvalue weighted by Crippen LogP contribution is -2.26. The summed E-state index contributed by atoms with van der Waals surface area (Å²) < 4.78 is 11.1. The predicted molar refractivity (Wildman–Crippen MR) is 112 cm³/mol. The van der Waals surface area contributed by atoms with Gasteiger partial charge in [-0.3, -0.25) is 0 Å². The van der Waals surface area contributed by atoms with E-state index in [1.165, 1.54) is 49.2 Å². The van der Waals surface area contributed by atoms with Crippen LogP contribution in [0.1, 0.15) is 25.3 Å². The van der Waals surface area contributed by atoms with E-state index in [9.17, 15) is 0 Å². The number of benzene rings is 2. The molecule has 3 rings (SSSR count). The zero-order valence-electron chi connectivity index (χ0n) is 16.8. The van der Waals surface area contributed by atoms with Crippen molar-refractivity contribution >= 4 is 0 Å². The summed E-state index contributed by atoms with van der Waals surface area (Å²) in [4.78, 5) is 2.58. The maximum absolute atomic E-state index is 5.53. The lowest BCUT2D eigenvalue weighted by atomic mass is 9.98. The van der Waals surface area contributed by atoms with Crippen molar-refractivity contribution in [3.8, 4) is 22.6 Å². The average molecular weight is 369 g/mol. The average Bonchev–Trinajstić information content (AvgIpc) is 3.16. The van der Waals surface area contributed by atoms with E-state index >= 15 is 0 Å². The van der Waals surface area contributed by atoms with Crippen LogP contribution in [-0.2, 0) is 6.54 Å². The van der Waals surface area contributed by atoms with Crippen LogP contribution in [0.2, 0.25) is 0 Å². The Kier molecular flexibility index (Phi) is 7.13. The third-order valence-electron chi connectivity index (χ3n) is 5.35. The van der Waals surface area contributed by atoms with Gasteiger partial charge in [0.2, 0.25) is 0 Å². The first-order valence-electron chi connectivity index (χ1n) is 9.98. The smallest absolute Gasteiger partial charge is 0.161 e. The third kappa shape index (κ3) is 5.02. The topological polar surface area (TPSA) is 33.7 Å². The molecule has 1 N–H and O–H groups in total. The standard InChI is InChI=1S/C23H32N2O2/c1-4-11-25-12-10-18(17-25)15-24-16-20-13-22(26-2)23(27-3)14-21(20)19-8-6-5-7-9-19/h5-9,13-14,18,24H,4,10-12,15-17H2,1-3H3. The highest BCUT2D eigenvalue weighted by Crippen LogP contribution is 2.35. The molecule has 4 nitrogen and oxygen atoms in total. The van der Waals surface area contributed by atoms with Crippen molar-refractivity contribution in [2.24, 2.45) is 5.92 Å². The summed E-state index contributed by atoms with van der Waals surface area (Å²) in [6, 6.07) is 14.7. The Bertz CT molecular complexity index is 718. The summed E-state index contributed by atoms with van der Waals surface area (Å²) in [5.74, 6) is 2.30. The Balaban J connectivity index is 1.72. The van der Waals surface area contributed by atoms with Crippen LogP contribution in [0.4, 0.5) is 0 Å². The van der Waals surface area contributed by atoms with Crippen LogP contribution in [0.5, 0.6) is 11.5 Å². The number of nitrogens with one attached hydrogen (secondary N) is 1. The minimum Gasteiger partial charge on any atom is -0.493 e. The molecule has 0 aromatic heterocycles. The fraction of sp³-hybridized carbons (Fsp3) is 0.478. The fourth-order valence-corrected chi connectivity index (χ4v) is 3.96. The van der Waals surface area contributed by atoms with Crippen molar-refractivity contribution in [2.75, 3.05) is 40.4 Å². The normalized spacial score (nSPS) is 17.2. The van der Waals surface area contributed by atoms with E-state index in [-0.39, 0.29) is 0 Å². The summed E-state index contributed by atoms with van der Waals surface area (Å²) >= 11 is 0. The Morgan fingerprint density at radius 1 is 1.07 bits per heavy atom. The van der Waals surface area contributed by atoms with Gasteiger partial charge < -0.3 is 19.7 Å². The zero-order chi connectivity index (χ0) is 19.1. The summed E-state index contributed by atoms with van der Waals surface area (Å²) in [6.45, 7) is 7.83. The Morgan fingerprint density at radius 2 is 1.81 bits per heavy atom. The fourth-order valence-electron chi connectivity index (χ4n) is 3.96. The van der Waals surface area contributed by atoms with Crippen molar-refractivity contribution in [1.82, 2.24) is 10.2 Å². The summed E-state index contributed by atoms with van der Waals surface area (Å²) in [6.07, 6.45) is 2.54. The molecule has 0 bridgehead atoms. The van der Waals surface area contributed by atoms with Gasteiger partial charge in [-0.05, 0) is 67.2 Å². The van der Waals surface area contributed by atoms with E-state index in [2.05, 4.69) is 53.5 Å². The van der Waals surface area contributed by atoms with Crippen molar-refractivity contribution in [3.63, 3.8) is 0 Å². The molecule has 1 atom stereocenters. The quantitative estimate of drug-likeness (QED) is 0.719. The van der Waals surface area contributed by atoms with Gasteiger partial charge in [-0.15, -0.1) is 0 Å². The van der Waals surface area contributed by atoms with Gasteiger partial charge in [0.1, 0.15) is 0 Å². The lowest BCUT2D eigenvalue weighted by molar-refractivity contribution is 0.322. The van der Waals surface area contributed by atoms with E-state index in [4.69, 9.17) is 9.47 Å². The zero-order valence-corrected chi connectivity index (χ0v) is 16.8. The summed E-state index contributed by atoms with van der Waals surface area (Å²) in [5.41, 5.74) is 3.63. The van der Waals surface area contributed by atoms with Crippen molar-refractivity contribution in [2.45, 2.75) is 26.3 Å². The molecule has 0 radical (unpaired) electrons. The van der Waals surface area contributed by atoms with E-state index < -0.39 is 0 Å². The number of methoxy groups -OCH3 is 2. The first-order chi connectivity index (χ1) is 13.2. The predicted octanol–water partition coefficient (Wildman–Crippen LogP) is 4.19. The van der Waals surface area contributed by atoms with Gasteiger partial charge in [-0.25, -0.2) is 0 Å². The summed E-state index contributed by atoms with van der Waals surface area (Å²) in [7, 11) is 3.38. The molecule has 1 heterocycles. The second-order valence-corrected chi connectivity index (χ2v) is 7.32. The molecule has 4 heteroatoms. The number of nitrogens with zero attached hydrogens (tertiary/aromatic N) is 1. The molecule has 1 unspecified atom stereocenters. The van der Waals surface area contributed by atoms with E-state index in [1.54, 1.807) is 14.2 Å². The molecule has 0 spiro atoms. The second-order valence-electron chi connectivity index (χ2n) is 7.32. The molecular weight excluding hydrogens is 336 g/mol. The van der Waals surface area contributed by atoms with Gasteiger partial charge in [0.25, 0.3) is 0 Å². The van der Waals surface area contributed by atoms with Gasteiger partial charge >= 0.3 is 0 Å². The monoisotopic (exact) mass is 368 g/mol.